The van der Waals surface area contributed by atoms with Crippen LogP contribution in [-0.4, -0.2) is 18.2 Å². The Kier molecular flexibility index (Phi) is 5.39. The minimum absolute atomic E-state index is 0.295. The summed E-state index contributed by atoms with van der Waals surface area (Å²) in [4.78, 5) is 13.6. The quantitative estimate of drug-likeness (QED) is 0.595. The van der Waals surface area contributed by atoms with Crippen LogP contribution >= 0.6 is 23.6 Å². The summed E-state index contributed by atoms with van der Waals surface area (Å²) in [6.07, 6.45) is 4.22. The molecular weight excluding hydrogens is 352 g/mol. The van der Waals surface area contributed by atoms with Crippen molar-refractivity contribution >= 4 is 45.3 Å². The average molecular weight is 375 g/mol. The number of esters is 1. The summed E-state index contributed by atoms with van der Waals surface area (Å²) in [6.45, 7) is 4.08. The molecule has 1 aromatic heterocycles. The molecule has 1 aliphatic rings. The van der Waals surface area contributed by atoms with Crippen molar-refractivity contribution in [1.29, 1.82) is 0 Å². The Hall–Kier alpha value is -1.92. The first-order valence-electron chi connectivity index (χ1n) is 8.37. The molecule has 0 atom stereocenters. The lowest BCUT2D eigenvalue weighted by atomic mass is 9.95. The number of benzene rings is 1. The molecule has 0 radical (unpaired) electrons. The topological polar surface area (TPSA) is 50.4 Å². The molecule has 1 aliphatic carbocycles. The second-order valence-corrected chi connectivity index (χ2v) is 7.82. The monoisotopic (exact) mass is 374 g/mol. The fourth-order valence-electron chi connectivity index (χ4n) is 3.10. The molecule has 2 aromatic rings. The van der Waals surface area contributed by atoms with E-state index in [2.05, 4.69) is 28.8 Å². The molecule has 1 heterocycles. The van der Waals surface area contributed by atoms with E-state index in [1.54, 1.807) is 11.3 Å². The third-order valence-electron chi connectivity index (χ3n) is 4.43. The van der Waals surface area contributed by atoms with Gasteiger partial charge in [0.2, 0.25) is 0 Å². The average Bonchev–Trinajstić information content (AvgIpc) is 2.95. The molecule has 0 saturated heterocycles. The number of nitrogens with one attached hydrogen (secondary N) is 2. The molecule has 1 aromatic carbocycles. The Morgan fingerprint density at radius 1 is 1.20 bits per heavy atom. The zero-order chi connectivity index (χ0) is 18.0. The second-order valence-electron chi connectivity index (χ2n) is 6.30. The van der Waals surface area contributed by atoms with Gasteiger partial charge in [0.1, 0.15) is 5.00 Å². The minimum atomic E-state index is -0.295. The SMILES string of the molecule is COC(=O)c1c(NC(=S)Nc2cc(C)ccc2C)sc2c1CCCC2. The van der Waals surface area contributed by atoms with Crippen LogP contribution in [-0.2, 0) is 17.6 Å². The van der Waals surface area contributed by atoms with E-state index in [4.69, 9.17) is 17.0 Å². The van der Waals surface area contributed by atoms with Crippen LogP contribution in [0.25, 0.3) is 0 Å². The summed E-state index contributed by atoms with van der Waals surface area (Å²) in [5.41, 5.74) is 5.03. The standard InChI is InChI=1S/C19H22N2O2S2/c1-11-8-9-12(2)14(10-11)20-19(24)21-17-16(18(22)23-3)13-6-4-5-7-15(13)25-17/h8-10H,4-7H2,1-3H3,(H2,20,21,24). The van der Waals surface area contributed by atoms with Gasteiger partial charge in [-0.3, -0.25) is 0 Å². The summed E-state index contributed by atoms with van der Waals surface area (Å²) < 4.78 is 5.00. The fraction of sp³-hybridized carbons (Fsp3) is 0.368. The Labute approximate surface area is 157 Å². The number of thiophene rings is 1. The van der Waals surface area contributed by atoms with E-state index in [0.29, 0.717) is 10.7 Å². The van der Waals surface area contributed by atoms with Gasteiger partial charge in [0.05, 0.1) is 12.7 Å². The number of carbonyl (C=O) groups excluding carboxylic acids is 1. The van der Waals surface area contributed by atoms with E-state index in [9.17, 15) is 4.79 Å². The Balaban J connectivity index is 1.84. The lowest BCUT2D eigenvalue weighted by molar-refractivity contribution is 0.0601. The third-order valence-corrected chi connectivity index (χ3v) is 5.84. The molecule has 0 amide bonds. The molecule has 0 saturated carbocycles. The highest BCUT2D eigenvalue weighted by atomic mass is 32.1. The van der Waals surface area contributed by atoms with Crippen LogP contribution in [0, 0.1) is 13.8 Å². The van der Waals surface area contributed by atoms with Gasteiger partial charge in [-0.15, -0.1) is 11.3 Å². The van der Waals surface area contributed by atoms with Gasteiger partial charge < -0.3 is 15.4 Å². The zero-order valence-electron chi connectivity index (χ0n) is 14.7. The maximum Gasteiger partial charge on any atom is 0.341 e. The number of hydrogen-bond acceptors (Lipinski definition) is 4. The Bertz CT molecular complexity index is 827. The normalized spacial score (nSPS) is 13.1. The van der Waals surface area contributed by atoms with Gasteiger partial charge in [-0.1, -0.05) is 12.1 Å². The van der Waals surface area contributed by atoms with E-state index in [-0.39, 0.29) is 5.97 Å². The zero-order valence-corrected chi connectivity index (χ0v) is 16.3. The Morgan fingerprint density at radius 3 is 2.72 bits per heavy atom. The molecular formula is C19H22N2O2S2. The molecule has 0 bridgehead atoms. The molecule has 25 heavy (non-hydrogen) atoms. The smallest absolute Gasteiger partial charge is 0.341 e. The molecule has 0 spiro atoms. The van der Waals surface area contributed by atoms with Crippen LogP contribution < -0.4 is 10.6 Å². The number of methoxy groups -OCH3 is 1. The first-order chi connectivity index (χ1) is 12.0. The van der Waals surface area contributed by atoms with E-state index < -0.39 is 0 Å². The van der Waals surface area contributed by atoms with Crippen LogP contribution in [0.2, 0.25) is 0 Å². The Morgan fingerprint density at radius 2 is 1.96 bits per heavy atom. The van der Waals surface area contributed by atoms with Gasteiger partial charge in [-0.25, -0.2) is 4.79 Å². The van der Waals surface area contributed by atoms with Gasteiger partial charge in [0, 0.05) is 10.6 Å². The van der Waals surface area contributed by atoms with E-state index in [0.717, 1.165) is 46.6 Å². The second kappa shape index (κ2) is 7.54. The van der Waals surface area contributed by atoms with E-state index >= 15 is 0 Å². The molecule has 6 heteroatoms. The maximum absolute atomic E-state index is 12.3. The predicted octanol–water partition coefficient (Wildman–Crippen LogP) is 4.84. The largest absolute Gasteiger partial charge is 0.465 e. The minimum Gasteiger partial charge on any atom is -0.465 e. The molecule has 0 fully saturated rings. The molecule has 0 unspecified atom stereocenters. The summed E-state index contributed by atoms with van der Waals surface area (Å²) in [6, 6.07) is 6.19. The highest BCUT2D eigenvalue weighted by molar-refractivity contribution is 7.80. The van der Waals surface area contributed by atoms with Crippen molar-refractivity contribution in [3.63, 3.8) is 0 Å². The first kappa shape index (κ1) is 17.9. The summed E-state index contributed by atoms with van der Waals surface area (Å²) in [7, 11) is 1.42. The van der Waals surface area contributed by atoms with Gasteiger partial charge in [0.15, 0.2) is 5.11 Å². The lowest BCUT2D eigenvalue weighted by Gasteiger charge is -2.14. The van der Waals surface area contributed by atoms with Crippen molar-refractivity contribution in [3.8, 4) is 0 Å². The van der Waals surface area contributed by atoms with Crippen LogP contribution in [0.1, 0.15) is 44.8 Å². The maximum atomic E-state index is 12.3. The van der Waals surface area contributed by atoms with Gasteiger partial charge in [-0.05, 0) is 74.5 Å². The third kappa shape index (κ3) is 3.85. The highest BCUT2D eigenvalue weighted by Crippen LogP contribution is 2.38. The van der Waals surface area contributed by atoms with Gasteiger partial charge in [0.25, 0.3) is 0 Å². The predicted molar refractivity (Wildman–Crippen MR) is 108 cm³/mol. The molecule has 4 nitrogen and oxygen atoms in total. The summed E-state index contributed by atoms with van der Waals surface area (Å²) >= 11 is 7.09. The summed E-state index contributed by atoms with van der Waals surface area (Å²) in [5.74, 6) is -0.295. The molecule has 132 valence electrons. The fourth-order valence-corrected chi connectivity index (χ4v) is 4.66. The van der Waals surface area contributed by atoms with E-state index in [1.165, 1.54) is 18.4 Å². The number of carbonyl (C=O) groups is 1. The number of fused-ring (bicyclic) bond motifs is 1. The number of ether oxygens (including phenoxy) is 1. The number of thiocarbonyl (C=S) groups is 1. The van der Waals surface area contributed by atoms with Crippen molar-refractivity contribution in [3.05, 3.63) is 45.3 Å². The van der Waals surface area contributed by atoms with Crippen LogP contribution in [0.15, 0.2) is 18.2 Å². The molecule has 2 N–H and O–H groups in total. The van der Waals surface area contributed by atoms with Crippen molar-refractivity contribution in [2.75, 3.05) is 17.7 Å². The van der Waals surface area contributed by atoms with E-state index in [1.807, 2.05) is 13.8 Å². The molecule has 0 aliphatic heterocycles. The highest BCUT2D eigenvalue weighted by Gasteiger charge is 2.26. The van der Waals surface area contributed by atoms with Crippen LogP contribution in [0.3, 0.4) is 0 Å². The number of rotatable bonds is 3. The summed E-state index contributed by atoms with van der Waals surface area (Å²) in [5, 5.41) is 7.72. The first-order valence-corrected chi connectivity index (χ1v) is 9.60. The number of anilines is 2. The number of aryl methyl sites for hydroxylation is 3. The lowest BCUT2D eigenvalue weighted by Crippen LogP contribution is -2.21. The molecule has 3 rings (SSSR count). The van der Waals surface area contributed by atoms with Crippen molar-refractivity contribution in [2.45, 2.75) is 39.5 Å². The number of hydrogen-bond donors (Lipinski definition) is 2. The van der Waals surface area contributed by atoms with Crippen molar-refractivity contribution in [2.24, 2.45) is 0 Å². The van der Waals surface area contributed by atoms with Gasteiger partial charge >= 0.3 is 5.97 Å². The van der Waals surface area contributed by atoms with Crippen molar-refractivity contribution < 1.29 is 9.53 Å². The van der Waals surface area contributed by atoms with Crippen LogP contribution in [0.4, 0.5) is 10.7 Å². The van der Waals surface area contributed by atoms with Crippen molar-refractivity contribution in [1.82, 2.24) is 0 Å². The van der Waals surface area contributed by atoms with Gasteiger partial charge in [-0.2, -0.15) is 0 Å². The van der Waals surface area contributed by atoms with Crippen LogP contribution in [0.5, 0.6) is 0 Å².